The molecule has 0 unspecified atom stereocenters. The Morgan fingerprint density at radius 1 is 1.56 bits per heavy atom. The van der Waals surface area contributed by atoms with Crippen LogP contribution in [0.25, 0.3) is 0 Å². The fourth-order valence-corrected chi connectivity index (χ4v) is 2.99. The molecule has 1 rings (SSSR count). The third-order valence-corrected chi connectivity index (χ3v) is 4.11. The monoisotopic (exact) mass is 247 g/mol. The minimum Gasteiger partial charge on any atom is -0.395 e. The topological polar surface area (TPSA) is 75.4 Å². The van der Waals surface area contributed by atoms with Crippen LogP contribution < -0.4 is 0 Å². The zero-order valence-corrected chi connectivity index (χ0v) is 10.5. The summed E-state index contributed by atoms with van der Waals surface area (Å²) in [5.41, 5.74) is 0. The molecule has 16 heavy (non-hydrogen) atoms. The normalized spacial score (nSPS) is 12.6. The Bertz CT molecular complexity index is 439. The maximum atomic E-state index is 12.1. The van der Waals surface area contributed by atoms with E-state index in [1.165, 1.54) is 16.8 Å². The fraction of sp³-hybridized carbons (Fsp3) is 0.667. The van der Waals surface area contributed by atoms with Crippen molar-refractivity contribution >= 4 is 10.0 Å². The van der Waals surface area contributed by atoms with E-state index >= 15 is 0 Å². The second kappa shape index (κ2) is 4.94. The van der Waals surface area contributed by atoms with E-state index in [0.29, 0.717) is 0 Å². The van der Waals surface area contributed by atoms with E-state index in [0.717, 1.165) is 0 Å². The fourth-order valence-electron chi connectivity index (χ4n) is 1.40. The highest BCUT2D eigenvalue weighted by Gasteiger charge is 2.28. The molecule has 0 saturated heterocycles. The lowest BCUT2D eigenvalue weighted by atomic mass is 10.4. The van der Waals surface area contributed by atoms with Crippen molar-refractivity contribution < 1.29 is 13.5 Å². The Kier molecular flexibility index (Phi) is 4.06. The van der Waals surface area contributed by atoms with Gasteiger partial charge in [0.05, 0.1) is 12.9 Å². The predicted octanol–water partition coefficient (Wildman–Crippen LogP) is -0.189. The number of hydrogen-bond acceptors (Lipinski definition) is 4. The Labute approximate surface area is 95.6 Å². The zero-order valence-electron chi connectivity index (χ0n) is 9.66. The molecule has 0 aliphatic heterocycles. The molecule has 0 bridgehead atoms. The van der Waals surface area contributed by atoms with E-state index in [-0.39, 0.29) is 24.2 Å². The van der Waals surface area contributed by atoms with Crippen LogP contribution in [0.2, 0.25) is 0 Å². The van der Waals surface area contributed by atoms with Crippen LogP contribution in [-0.2, 0) is 17.1 Å². The molecule has 0 saturated carbocycles. The quantitative estimate of drug-likeness (QED) is 0.782. The lowest BCUT2D eigenvalue weighted by Gasteiger charge is -2.23. The molecular formula is C9H17N3O3S. The smallest absolute Gasteiger partial charge is 0.262 e. The van der Waals surface area contributed by atoms with Gasteiger partial charge < -0.3 is 9.67 Å². The van der Waals surface area contributed by atoms with Crippen molar-refractivity contribution in [2.45, 2.75) is 24.9 Å². The highest BCUT2D eigenvalue weighted by atomic mass is 32.2. The summed E-state index contributed by atoms with van der Waals surface area (Å²) in [5, 5.41) is 8.88. The number of aryl methyl sites for hydroxylation is 1. The molecule has 0 atom stereocenters. The number of aromatic nitrogens is 2. The summed E-state index contributed by atoms with van der Waals surface area (Å²) in [6.07, 6.45) is 2.88. The molecule has 0 fully saturated rings. The molecule has 0 spiro atoms. The van der Waals surface area contributed by atoms with E-state index in [1.807, 2.05) is 0 Å². The van der Waals surface area contributed by atoms with Crippen molar-refractivity contribution in [1.82, 2.24) is 13.9 Å². The van der Waals surface area contributed by atoms with Crippen LogP contribution >= 0.6 is 0 Å². The molecule has 0 amide bonds. The number of aliphatic hydroxyl groups is 1. The Morgan fingerprint density at radius 3 is 2.56 bits per heavy atom. The number of nitrogens with zero attached hydrogens (tertiary/aromatic N) is 3. The summed E-state index contributed by atoms with van der Waals surface area (Å²) in [6, 6.07) is -0.209. The van der Waals surface area contributed by atoms with Gasteiger partial charge in [-0.15, -0.1) is 0 Å². The standard InChI is InChI=1S/C9H17N3O3S/c1-8(2)12(4-5-13)16(14,15)9-6-11(3)7-10-9/h6-8,13H,4-5H2,1-3H3. The van der Waals surface area contributed by atoms with Crippen LogP contribution in [0.5, 0.6) is 0 Å². The maximum absolute atomic E-state index is 12.1. The average molecular weight is 247 g/mol. The number of aliphatic hydroxyl groups excluding tert-OH is 1. The van der Waals surface area contributed by atoms with Gasteiger partial charge in [0.15, 0.2) is 5.03 Å². The molecule has 1 heterocycles. The van der Waals surface area contributed by atoms with Crippen LogP contribution in [0.1, 0.15) is 13.8 Å². The van der Waals surface area contributed by atoms with Gasteiger partial charge in [0.1, 0.15) is 0 Å². The van der Waals surface area contributed by atoms with Crippen LogP contribution in [-0.4, -0.2) is 46.6 Å². The molecule has 0 aliphatic rings. The third kappa shape index (κ3) is 2.60. The molecule has 0 aromatic carbocycles. The summed E-state index contributed by atoms with van der Waals surface area (Å²) in [7, 11) is -1.89. The molecule has 92 valence electrons. The summed E-state index contributed by atoms with van der Waals surface area (Å²) in [6.45, 7) is 3.40. The maximum Gasteiger partial charge on any atom is 0.262 e. The van der Waals surface area contributed by atoms with Gasteiger partial charge >= 0.3 is 0 Å². The minimum absolute atomic E-state index is 0.0113. The summed E-state index contributed by atoms with van der Waals surface area (Å²) < 4.78 is 27.0. The Hall–Kier alpha value is -0.920. The van der Waals surface area contributed by atoms with Crippen molar-refractivity contribution in [3.8, 4) is 0 Å². The first-order valence-corrected chi connectivity index (χ1v) is 6.44. The van der Waals surface area contributed by atoms with Crippen molar-refractivity contribution in [2.75, 3.05) is 13.2 Å². The van der Waals surface area contributed by atoms with E-state index in [4.69, 9.17) is 5.11 Å². The molecule has 7 heteroatoms. The minimum atomic E-state index is -3.60. The molecule has 1 aromatic rings. The van der Waals surface area contributed by atoms with E-state index < -0.39 is 10.0 Å². The number of imidazole rings is 1. The van der Waals surface area contributed by atoms with Crippen molar-refractivity contribution in [3.05, 3.63) is 12.5 Å². The second-order valence-electron chi connectivity index (χ2n) is 3.81. The number of rotatable bonds is 5. The van der Waals surface area contributed by atoms with Crippen molar-refractivity contribution in [2.24, 2.45) is 7.05 Å². The summed E-state index contributed by atoms with van der Waals surface area (Å²) in [4.78, 5) is 3.82. The van der Waals surface area contributed by atoms with Gasteiger partial charge in [-0.2, -0.15) is 4.31 Å². The van der Waals surface area contributed by atoms with Crippen LogP contribution in [0.3, 0.4) is 0 Å². The van der Waals surface area contributed by atoms with E-state index in [2.05, 4.69) is 4.98 Å². The first-order chi connectivity index (χ1) is 7.39. The highest BCUT2D eigenvalue weighted by Crippen LogP contribution is 2.15. The highest BCUT2D eigenvalue weighted by molar-refractivity contribution is 7.89. The molecule has 6 nitrogen and oxygen atoms in total. The van der Waals surface area contributed by atoms with Gasteiger partial charge in [-0.1, -0.05) is 0 Å². The van der Waals surface area contributed by atoms with Gasteiger partial charge in [-0.25, -0.2) is 13.4 Å². The van der Waals surface area contributed by atoms with Crippen LogP contribution in [0.15, 0.2) is 17.6 Å². The van der Waals surface area contributed by atoms with Crippen LogP contribution in [0.4, 0.5) is 0 Å². The molecule has 0 radical (unpaired) electrons. The Balaban J connectivity index is 3.08. The van der Waals surface area contributed by atoms with Crippen molar-refractivity contribution in [1.29, 1.82) is 0 Å². The van der Waals surface area contributed by atoms with Gasteiger partial charge in [0.2, 0.25) is 0 Å². The average Bonchev–Trinajstić information content (AvgIpc) is 2.61. The molecule has 0 aliphatic carbocycles. The molecular weight excluding hydrogens is 230 g/mol. The predicted molar refractivity (Wildman–Crippen MR) is 59.3 cm³/mol. The first kappa shape index (κ1) is 13.1. The SMILES string of the molecule is CC(C)N(CCO)S(=O)(=O)c1cn(C)cn1. The second-order valence-corrected chi connectivity index (χ2v) is 5.65. The molecule has 1 N–H and O–H groups in total. The van der Waals surface area contributed by atoms with Gasteiger partial charge in [0.25, 0.3) is 10.0 Å². The largest absolute Gasteiger partial charge is 0.395 e. The van der Waals surface area contributed by atoms with Gasteiger partial charge in [0, 0.05) is 25.8 Å². The first-order valence-electron chi connectivity index (χ1n) is 5.00. The number of sulfonamides is 1. The van der Waals surface area contributed by atoms with E-state index in [9.17, 15) is 8.42 Å². The Morgan fingerprint density at radius 2 is 2.19 bits per heavy atom. The van der Waals surface area contributed by atoms with Gasteiger partial charge in [-0.05, 0) is 13.8 Å². The third-order valence-electron chi connectivity index (χ3n) is 2.15. The lowest BCUT2D eigenvalue weighted by molar-refractivity contribution is 0.236. The summed E-state index contributed by atoms with van der Waals surface area (Å²) in [5.74, 6) is 0. The van der Waals surface area contributed by atoms with Crippen molar-refractivity contribution in [3.63, 3.8) is 0 Å². The summed E-state index contributed by atoms with van der Waals surface area (Å²) >= 11 is 0. The van der Waals surface area contributed by atoms with Crippen LogP contribution in [0, 0.1) is 0 Å². The zero-order chi connectivity index (χ0) is 12.3. The lowest BCUT2D eigenvalue weighted by Crippen LogP contribution is -2.39. The molecule has 1 aromatic heterocycles. The number of hydrogen-bond donors (Lipinski definition) is 1. The van der Waals surface area contributed by atoms with Gasteiger partial charge in [-0.3, -0.25) is 0 Å². The van der Waals surface area contributed by atoms with E-state index in [1.54, 1.807) is 25.5 Å².